The highest BCUT2D eigenvalue weighted by Crippen LogP contribution is 2.15. The normalized spacial score (nSPS) is 11.7. The molecule has 0 N–H and O–H groups in total. The van der Waals surface area contributed by atoms with Crippen molar-refractivity contribution in [2.75, 3.05) is 0 Å². The lowest BCUT2D eigenvalue weighted by Gasteiger charge is -2.04. The standard InChI is InChI=1S/C32H64/c1-3-5-7-9-11-13-15-17-19-21-23-25-27-29-31-32-30-28-26-24-22-20-18-16-14-12-10-8-6-4-2/h17,19H,3-16,18,20-32H2,1-2H3/b19-17-. The summed E-state index contributed by atoms with van der Waals surface area (Å²) >= 11 is 0. The number of rotatable bonds is 28. The minimum atomic E-state index is 1.31. The summed E-state index contributed by atoms with van der Waals surface area (Å²) in [5.74, 6) is 0. The minimum absolute atomic E-state index is 1.31. The smallest absolute Gasteiger partial charge is 0.0351 e. The SMILES string of the molecule is CCCCCCCC/C=C\CCCCCCCCCCCCCCCCCCCCCC. The lowest BCUT2D eigenvalue weighted by Crippen LogP contribution is -1.84. The van der Waals surface area contributed by atoms with Crippen LogP contribution in [0, 0.1) is 0 Å². The summed E-state index contributed by atoms with van der Waals surface area (Å²) < 4.78 is 0. The molecule has 0 unspecified atom stereocenters. The molecule has 0 saturated heterocycles. The average molecular weight is 449 g/mol. The highest BCUT2D eigenvalue weighted by molar-refractivity contribution is 4.81. The Morgan fingerprint density at radius 2 is 0.438 bits per heavy atom. The van der Waals surface area contributed by atoms with Crippen LogP contribution in [0.25, 0.3) is 0 Å². The number of allylic oxidation sites excluding steroid dienone is 2. The third-order valence-electron chi connectivity index (χ3n) is 7.12. The van der Waals surface area contributed by atoms with E-state index in [-0.39, 0.29) is 0 Å². The first-order chi connectivity index (χ1) is 15.9. The van der Waals surface area contributed by atoms with E-state index >= 15 is 0 Å². The van der Waals surface area contributed by atoms with Gasteiger partial charge in [-0.2, -0.15) is 0 Å². The molecule has 0 amide bonds. The maximum absolute atomic E-state index is 2.45. The van der Waals surface area contributed by atoms with Gasteiger partial charge in [0.2, 0.25) is 0 Å². The van der Waals surface area contributed by atoms with Crippen LogP contribution >= 0.6 is 0 Å². The van der Waals surface area contributed by atoms with Crippen LogP contribution in [0.1, 0.15) is 194 Å². The molecule has 0 aromatic carbocycles. The first-order valence-corrected chi connectivity index (χ1v) is 15.6. The van der Waals surface area contributed by atoms with Crippen molar-refractivity contribution in [2.24, 2.45) is 0 Å². The van der Waals surface area contributed by atoms with Crippen LogP contribution in [0.2, 0.25) is 0 Å². The van der Waals surface area contributed by atoms with E-state index in [1.165, 1.54) is 180 Å². The van der Waals surface area contributed by atoms with Crippen molar-refractivity contribution in [1.82, 2.24) is 0 Å². The van der Waals surface area contributed by atoms with Gasteiger partial charge in [0, 0.05) is 0 Å². The van der Waals surface area contributed by atoms with Crippen LogP contribution in [-0.2, 0) is 0 Å². The molecule has 0 nitrogen and oxygen atoms in total. The average Bonchev–Trinajstić information content (AvgIpc) is 2.81. The van der Waals surface area contributed by atoms with Gasteiger partial charge in [0.25, 0.3) is 0 Å². The molecule has 0 radical (unpaired) electrons. The molecule has 0 spiro atoms. The van der Waals surface area contributed by atoms with E-state index in [4.69, 9.17) is 0 Å². The van der Waals surface area contributed by atoms with Gasteiger partial charge in [0.1, 0.15) is 0 Å². The number of hydrogen-bond acceptors (Lipinski definition) is 0. The van der Waals surface area contributed by atoms with E-state index in [0.29, 0.717) is 0 Å². The van der Waals surface area contributed by atoms with E-state index < -0.39 is 0 Å². The molecule has 0 rings (SSSR count). The van der Waals surface area contributed by atoms with Crippen LogP contribution in [-0.4, -0.2) is 0 Å². The predicted molar refractivity (Wildman–Crippen MR) is 150 cm³/mol. The van der Waals surface area contributed by atoms with Gasteiger partial charge in [-0.15, -0.1) is 0 Å². The Hall–Kier alpha value is -0.260. The molecule has 0 heteroatoms. The monoisotopic (exact) mass is 449 g/mol. The second-order valence-corrected chi connectivity index (χ2v) is 10.5. The number of unbranched alkanes of at least 4 members (excludes halogenated alkanes) is 26. The Morgan fingerprint density at radius 3 is 0.656 bits per heavy atom. The second-order valence-electron chi connectivity index (χ2n) is 10.5. The molecule has 0 aromatic heterocycles. The summed E-state index contributed by atoms with van der Waals surface area (Å²) in [7, 11) is 0. The van der Waals surface area contributed by atoms with Crippen molar-refractivity contribution >= 4 is 0 Å². The molecule has 0 aliphatic rings. The molecule has 0 aliphatic heterocycles. The summed E-state index contributed by atoms with van der Waals surface area (Å²) in [6.45, 7) is 4.60. The summed E-state index contributed by atoms with van der Waals surface area (Å²) in [5.41, 5.74) is 0. The van der Waals surface area contributed by atoms with E-state index in [2.05, 4.69) is 26.0 Å². The highest BCUT2D eigenvalue weighted by Gasteiger charge is 1.95. The lowest BCUT2D eigenvalue weighted by molar-refractivity contribution is 0.522. The maximum Gasteiger partial charge on any atom is -0.0351 e. The van der Waals surface area contributed by atoms with Crippen molar-refractivity contribution in [3.8, 4) is 0 Å². The quantitative estimate of drug-likeness (QED) is 0.0824. The first kappa shape index (κ1) is 31.7. The molecule has 0 bridgehead atoms. The topological polar surface area (TPSA) is 0 Å². The Labute approximate surface area is 205 Å². The highest BCUT2D eigenvalue weighted by atomic mass is 14.0. The molecule has 0 aliphatic carbocycles. The molecule has 0 heterocycles. The van der Waals surface area contributed by atoms with Crippen molar-refractivity contribution < 1.29 is 0 Å². The Bertz CT molecular complexity index is 329. The molecule has 0 fully saturated rings. The van der Waals surface area contributed by atoms with E-state index in [9.17, 15) is 0 Å². The Balaban J connectivity index is 3.04. The fourth-order valence-electron chi connectivity index (χ4n) is 4.80. The molecule has 0 saturated carbocycles. The van der Waals surface area contributed by atoms with E-state index in [0.717, 1.165) is 0 Å². The summed E-state index contributed by atoms with van der Waals surface area (Å²) in [6, 6.07) is 0. The Kier molecular flexibility index (Phi) is 30.5. The van der Waals surface area contributed by atoms with Gasteiger partial charge in [-0.3, -0.25) is 0 Å². The second kappa shape index (κ2) is 30.7. The van der Waals surface area contributed by atoms with Gasteiger partial charge in [0.15, 0.2) is 0 Å². The van der Waals surface area contributed by atoms with Gasteiger partial charge >= 0.3 is 0 Å². The zero-order valence-corrected chi connectivity index (χ0v) is 23.0. The van der Waals surface area contributed by atoms with Crippen LogP contribution in [0.3, 0.4) is 0 Å². The van der Waals surface area contributed by atoms with E-state index in [1.54, 1.807) is 0 Å². The van der Waals surface area contributed by atoms with Crippen LogP contribution in [0.4, 0.5) is 0 Å². The molecular formula is C32H64. The largest absolute Gasteiger partial charge is 0.0885 e. The van der Waals surface area contributed by atoms with Crippen LogP contribution in [0.15, 0.2) is 12.2 Å². The molecule has 0 atom stereocenters. The van der Waals surface area contributed by atoms with Gasteiger partial charge < -0.3 is 0 Å². The van der Waals surface area contributed by atoms with Crippen molar-refractivity contribution in [2.45, 2.75) is 194 Å². The maximum atomic E-state index is 2.45. The van der Waals surface area contributed by atoms with Crippen molar-refractivity contribution in [3.05, 3.63) is 12.2 Å². The van der Waals surface area contributed by atoms with Crippen LogP contribution < -0.4 is 0 Å². The molecular weight excluding hydrogens is 384 g/mol. The van der Waals surface area contributed by atoms with Crippen LogP contribution in [0.5, 0.6) is 0 Å². The van der Waals surface area contributed by atoms with Gasteiger partial charge in [0.05, 0.1) is 0 Å². The molecule has 32 heavy (non-hydrogen) atoms. The molecule has 0 aromatic rings. The third kappa shape index (κ3) is 29.7. The zero-order valence-electron chi connectivity index (χ0n) is 23.0. The van der Waals surface area contributed by atoms with E-state index in [1.807, 2.05) is 0 Å². The minimum Gasteiger partial charge on any atom is -0.0885 e. The molecule has 192 valence electrons. The summed E-state index contributed by atoms with van der Waals surface area (Å²) in [4.78, 5) is 0. The summed E-state index contributed by atoms with van der Waals surface area (Å²) in [5, 5.41) is 0. The zero-order chi connectivity index (χ0) is 23.2. The van der Waals surface area contributed by atoms with Gasteiger partial charge in [-0.25, -0.2) is 0 Å². The van der Waals surface area contributed by atoms with Crippen molar-refractivity contribution in [1.29, 1.82) is 0 Å². The first-order valence-electron chi connectivity index (χ1n) is 15.6. The lowest BCUT2D eigenvalue weighted by atomic mass is 10.0. The number of hydrogen-bond donors (Lipinski definition) is 0. The van der Waals surface area contributed by atoms with Gasteiger partial charge in [-0.1, -0.05) is 180 Å². The van der Waals surface area contributed by atoms with Gasteiger partial charge in [-0.05, 0) is 25.7 Å². The van der Waals surface area contributed by atoms with Crippen molar-refractivity contribution in [3.63, 3.8) is 0 Å². The fraction of sp³-hybridized carbons (Fsp3) is 0.938. The predicted octanol–water partition coefficient (Wildman–Crippen LogP) is 12.5. The Morgan fingerprint density at radius 1 is 0.250 bits per heavy atom. The summed E-state index contributed by atoms with van der Waals surface area (Å²) in [6.07, 6.45) is 45.4. The fourth-order valence-corrected chi connectivity index (χ4v) is 4.80. The third-order valence-corrected chi connectivity index (χ3v) is 7.12.